The van der Waals surface area contributed by atoms with Crippen molar-refractivity contribution in [2.24, 2.45) is 5.92 Å². The van der Waals surface area contributed by atoms with Crippen molar-refractivity contribution >= 4 is 17.7 Å². The first kappa shape index (κ1) is 11.5. The van der Waals surface area contributed by atoms with Crippen LogP contribution in [0.5, 0.6) is 0 Å². The van der Waals surface area contributed by atoms with Crippen LogP contribution < -0.4 is 0 Å². The van der Waals surface area contributed by atoms with Gasteiger partial charge in [-0.2, -0.15) is 4.98 Å². The smallest absolute Gasteiger partial charge is 0.357 e. The first-order chi connectivity index (χ1) is 7.65. The van der Waals surface area contributed by atoms with E-state index in [-0.39, 0.29) is 5.69 Å². The summed E-state index contributed by atoms with van der Waals surface area (Å²) >= 11 is 1.57. The molecule has 4 nitrogen and oxygen atoms in total. The van der Waals surface area contributed by atoms with Crippen molar-refractivity contribution in [3.05, 3.63) is 12.0 Å². The van der Waals surface area contributed by atoms with Gasteiger partial charge in [-0.3, -0.25) is 0 Å². The summed E-state index contributed by atoms with van der Waals surface area (Å²) < 4.78 is 5.13. The highest BCUT2D eigenvalue weighted by Crippen LogP contribution is 2.35. The number of carboxylic acid groups (broad SMARTS) is 1. The van der Waals surface area contributed by atoms with Crippen molar-refractivity contribution < 1.29 is 14.3 Å². The highest BCUT2D eigenvalue weighted by atomic mass is 32.2. The fourth-order valence-electron chi connectivity index (χ4n) is 2.04. The largest absolute Gasteiger partial charge is 0.476 e. The van der Waals surface area contributed by atoms with E-state index in [1.54, 1.807) is 11.8 Å². The summed E-state index contributed by atoms with van der Waals surface area (Å²) in [5.74, 6) is -0.284. The molecule has 1 aromatic heterocycles. The summed E-state index contributed by atoms with van der Waals surface area (Å²) in [6.45, 7) is 2.25. The maximum Gasteiger partial charge on any atom is 0.357 e. The van der Waals surface area contributed by atoms with E-state index in [0.717, 1.165) is 12.3 Å². The summed E-state index contributed by atoms with van der Waals surface area (Å²) in [6.07, 6.45) is 6.07. The standard InChI is InChI=1S/C11H15NO3S/c1-7-3-2-4-8(5-7)16-11-12-9(6-15-11)10(13)14/h6-8H,2-5H2,1H3,(H,13,14). The van der Waals surface area contributed by atoms with E-state index in [1.807, 2.05) is 0 Å². The molecule has 88 valence electrons. The molecule has 2 unspecified atom stereocenters. The molecule has 0 amide bonds. The van der Waals surface area contributed by atoms with E-state index in [1.165, 1.54) is 25.5 Å². The van der Waals surface area contributed by atoms with Crippen LogP contribution in [-0.2, 0) is 0 Å². The normalized spacial score (nSPS) is 25.6. The van der Waals surface area contributed by atoms with Gasteiger partial charge in [-0.25, -0.2) is 4.79 Å². The molecule has 1 aliphatic rings. The van der Waals surface area contributed by atoms with E-state index in [4.69, 9.17) is 9.52 Å². The van der Waals surface area contributed by atoms with E-state index in [9.17, 15) is 4.79 Å². The minimum atomic E-state index is -1.03. The van der Waals surface area contributed by atoms with E-state index in [0.29, 0.717) is 10.5 Å². The number of thioether (sulfide) groups is 1. The number of hydrogen-bond acceptors (Lipinski definition) is 4. The molecule has 1 aliphatic carbocycles. The van der Waals surface area contributed by atoms with Crippen LogP contribution in [0.25, 0.3) is 0 Å². The van der Waals surface area contributed by atoms with Gasteiger partial charge in [0.1, 0.15) is 6.26 Å². The van der Waals surface area contributed by atoms with Gasteiger partial charge in [0.15, 0.2) is 5.69 Å². The lowest BCUT2D eigenvalue weighted by Gasteiger charge is -2.24. The zero-order valence-electron chi connectivity index (χ0n) is 9.18. The van der Waals surface area contributed by atoms with Crippen LogP contribution in [0, 0.1) is 5.92 Å². The molecule has 16 heavy (non-hydrogen) atoms. The molecule has 2 rings (SSSR count). The second-order valence-electron chi connectivity index (χ2n) is 4.32. The van der Waals surface area contributed by atoms with Gasteiger partial charge in [0, 0.05) is 5.25 Å². The third-order valence-electron chi connectivity index (χ3n) is 2.86. The third kappa shape index (κ3) is 2.78. The van der Waals surface area contributed by atoms with Gasteiger partial charge >= 0.3 is 5.97 Å². The number of nitrogens with zero attached hydrogens (tertiary/aromatic N) is 1. The Kier molecular flexibility index (Phi) is 3.53. The number of carboxylic acids is 1. The maximum atomic E-state index is 10.6. The van der Waals surface area contributed by atoms with Crippen LogP contribution >= 0.6 is 11.8 Å². The van der Waals surface area contributed by atoms with Crippen LogP contribution in [0.15, 0.2) is 15.9 Å². The first-order valence-corrected chi connectivity index (χ1v) is 6.38. The predicted molar refractivity (Wildman–Crippen MR) is 60.7 cm³/mol. The van der Waals surface area contributed by atoms with E-state index < -0.39 is 5.97 Å². The van der Waals surface area contributed by atoms with Gasteiger partial charge in [-0.15, -0.1) is 0 Å². The number of rotatable bonds is 3. The second kappa shape index (κ2) is 4.91. The molecule has 1 aromatic rings. The van der Waals surface area contributed by atoms with Crippen LogP contribution in [0.1, 0.15) is 43.1 Å². The molecule has 1 N–H and O–H groups in total. The van der Waals surface area contributed by atoms with Crippen molar-refractivity contribution in [3.8, 4) is 0 Å². The molecular formula is C11H15NO3S. The monoisotopic (exact) mass is 241 g/mol. The number of hydrogen-bond donors (Lipinski definition) is 1. The van der Waals surface area contributed by atoms with Gasteiger partial charge in [-0.1, -0.05) is 31.5 Å². The minimum Gasteiger partial charge on any atom is -0.476 e. The van der Waals surface area contributed by atoms with Crippen molar-refractivity contribution in [2.75, 3.05) is 0 Å². The second-order valence-corrected chi connectivity index (χ2v) is 5.57. The first-order valence-electron chi connectivity index (χ1n) is 5.50. The molecule has 1 heterocycles. The van der Waals surface area contributed by atoms with Crippen LogP contribution in [-0.4, -0.2) is 21.3 Å². The predicted octanol–water partition coefficient (Wildman–Crippen LogP) is 3.04. The molecule has 1 fully saturated rings. The zero-order chi connectivity index (χ0) is 11.5. The lowest BCUT2D eigenvalue weighted by atomic mass is 9.91. The number of oxazole rings is 1. The third-order valence-corrected chi connectivity index (χ3v) is 4.01. The summed E-state index contributed by atoms with van der Waals surface area (Å²) in [5, 5.41) is 9.71. The number of aromatic nitrogens is 1. The Morgan fingerprint density at radius 1 is 1.62 bits per heavy atom. The zero-order valence-corrected chi connectivity index (χ0v) is 10.00. The average molecular weight is 241 g/mol. The highest BCUT2D eigenvalue weighted by Gasteiger charge is 2.22. The molecule has 0 aliphatic heterocycles. The Morgan fingerprint density at radius 2 is 2.44 bits per heavy atom. The van der Waals surface area contributed by atoms with Crippen LogP contribution in [0.4, 0.5) is 0 Å². The molecule has 2 atom stereocenters. The molecule has 5 heteroatoms. The Bertz CT molecular complexity index is 377. The maximum absolute atomic E-state index is 10.6. The summed E-state index contributed by atoms with van der Waals surface area (Å²) in [4.78, 5) is 14.6. The topological polar surface area (TPSA) is 63.3 Å². The quantitative estimate of drug-likeness (QED) is 0.881. The lowest BCUT2D eigenvalue weighted by molar-refractivity contribution is 0.0690. The fraction of sp³-hybridized carbons (Fsp3) is 0.636. The Morgan fingerprint density at radius 3 is 3.06 bits per heavy atom. The van der Waals surface area contributed by atoms with E-state index in [2.05, 4.69) is 11.9 Å². The number of aromatic carboxylic acids is 1. The van der Waals surface area contributed by atoms with Crippen molar-refractivity contribution in [2.45, 2.75) is 43.1 Å². The molecule has 1 saturated carbocycles. The molecule has 0 bridgehead atoms. The lowest BCUT2D eigenvalue weighted by Crippen LogP contribution is -2.14. The summed E-state index contributed by atoms with van der Waals surface area (Å²) in [6, 6.07) is 0. The van der Waals surface area contributed by atoms with Crippen LogP contribution in [0.3, 0.4) is 0 Å². The van der Waals surface area contributed by atoms with Crippen LogP contribution in [0.2, 0.25) is 0 Å². The van der Waals surface area contributed by atoms with E-state index >= 15 is 0 Å². The molecule has 0 saturated heterocycles. The van der Waals surface area contributed by atoms with Crippen molar-refractivity contribution in [1.82, 2.24) is 4.98 Å². The number of carbonyl (C=O) groups is 1. The fourth-order valence-corrected chi connectivity index (χ4v) is 3.29. The van der Waals surface area contributed by atoms with Gasteiger partial charge in [0.2, 0.25) is 0 Å². The summed E-state index contributed by atoms with van der Waals surface area (Å²) in [7, 11) is 0. The van der Waals surface area contributed by atoms with Gasteiger partial charge in [0.05, 0.1) is 0 Å². The van der Waals surface area contributed by atoms with Crippen molar-refractivity contribution in [3.63, 3.8) is 0 Å². The Labute approximate surface area is 98.4 Å². The minimum absolute atomic E-state index is 0.00800. The molecule has 0 radical (unpaired) electrons. The molecule has 0 aromatic carbocycles. The van der Waals surface area contributed by atoms with Gasteiger partial charge < -0.3 is 9.52 Å². The Hall–Kier alpha value is -0.970. The molecular weight excluding hydrogens is 226 g/mol. The summed E-state index contributed by atoms with van der Waals surface area (Å²) in [5.41, 5.74) is -0.00800. The highest BCUT2D eigenvalue weighted by molar-refractivity contribution is 7.99. The van der Waals surface area contributed by atoms with Gasteiger partial charge in [0.25, 0.3) is 5.22 Å². The van der Waals surface area contributed by atoms with Gasteiger partial charge in [-0.05, 0) is 18.8 Å². The Balaban J connectivity index is 1.95. The van der Waals surface area contributed by atoms with Crippen molar-refractivity contribution in [1.29, 1.82) is 0 Å². The molecule has 0 spiro atoms. The SMILES string of the molecule is CC1CCCC(Sc2nc(C(=O)O)co2)C1. The average Bonchev–Trinajstić information content (AvgIpc) is 2.66.